The van der Waals surface area contributed by atoms with E-state index >= 15 is 0 Å². The number of allylic oxidation sites excluding steroid dienone is 1. The molecule has 22 heavy (non-hydrogen) atoms. The van der Waals surface area contributed by atoms with E-state index < -0.39 is 5.60 Å². The number of fused-ring (bicyclic) bond motifs is 1. The Morgan fingerprint density at radius 3 is 2.50 bits per heavy atom. The summed E-state index contributed by atoms with van der Waals surface area (Å²) < 4.78 is 0. The molecule has 2 aliphatic carbocycles. The number of carbonyl (C=O) groups excluding carboxylic acids is 1. The van der Waals surface area contributed by atoms with Crippen LogP contribution in [-0.4, -0.2) is 16.5 Å². The molecule has 1 N–H and O–H groups in total. The number of hydrogen-bond acceptors (Lipinski definition) is 2. The van der Waals surface area contributed by atoms with Crippen LogP contribution in [0.4, 0.5) is 0 Å². The van der Waals surface area contributed by atoms with E-state index in [0.717, 1.165) is 25.7 Å². The second kappa shape index (κ2) is 5.78. The number of Topliss-reactive ketones (excluding diaryl/α,β-unsaturated/α-hetero) is 1. The molecule has 4 atom stereocenters. The molecule has 2 unspecified atom stereocenters. The van der Waals surface area contributed by atoms with Crippen LogP contribution in [0.15, 0.2) is 12.2 Å². The third kappa shape index (κ3) is 3.18. The molecule has 0 spiro atoms. The predicted octanol–water partition coefficient (Wildman–Crippen LogP) is 4.76. The minimum atomic E-state index is -0.685. The fraction of sp³-hybridized carbons (Fsp3) is 0.850. The average molecular weight is 306 g/mol. The molecule has 0 heterocycles. The number of aliphatic hydroxyl groups is 1. The van der Waals surface area contributed by atoms with Crippen molar-refractivity contribution >= 4 is 5.78 Å². The SMILES string of the molecule is C[C@@H](/C=C/C(C)(C)C1CCC2C(=O)CCC[C@@]21C)C(C)(C)O. The molecule has 0 aromatic heterocycles. The zero-order valence-corrected chi connectivity index (χ0v) is 15.3. The van der Waals surface area contributed by atoms with Crippen molar-refractivity contribution in [2.24, 2.45) is 28.6 Å². The minimum absolute atomic E-state index is 0.0701. The zero-order valence-electron chi connectivity index (χ0n) is 15.3. The van der Waals surface area contributed by atoms with E-state index in [9.17, 15) is 9.90 Å². The lowest BCUT2D eigenvalue weighted by Gasteiger charge is -2.45. The Kier molecular flexibility index (Phi) is 4.65. The van der Waals surface area contributed by atoms with E-state index in [4.69, 9.17) is 0 Å². The maximum Gasteiger partial charge on any atom is 0.136 e. The van der Waals surface area contributed by atoms with Crippen LogP contribution in [0.2, 0.25) is 0 Å². The van der Waals surface area contributed by atoms with Gasteiger partial charge in [-0.1, -0.05) is 39.8 Å². The maximum absolute atomic E-state index is 12.3. The average Bonchev–Trinajstić information content (AvgIpc) is 2.74. The maximum atomic E-state index is 12.3. The highest BCUT2D eigenvalue weighted by Crippen LogP contribution is 2.59. The van der Waals surface area contributed by atoms with Gasteiger partial charge in [-0.05, 0) is 56.3 Å². The van der Waals surface area contributed by atoms with Gasteiger partial charge in [0.15, 0.2) is 0 Å². The van der Waals surface area contributed by atoms with E-state index in [0.29, 0.717) is 11.7 Å². The molecule has 2 rings (SSSR count). The highest BCUT2D eigenvalue weighted by molar-refractivity contribution is 5.83. The standard InChI is InChI=1S/C20H34O2/c1-14(19(4,5)22)11-13-18(2,3)17-10-9-15-16(21)8-7-12-20(15,17)6/h11,13-15,17,22H,7-10,12H2,1-6H3/b13-11+/t14-,15?,17?,20-/m0/s1. The van der Waals surface area contributed by atoms with Crippen LogP contribution >= 0.6 is 0 Å². The molecule has 2 heteroatoms. The number of ketones is 1. The summed E-state index contributed by atoms with van der Waals surface area (Å²) in [6.07, 6.45) is 9.72. The van der Waals surface area contributed by atoms with E-state index in [1.165, 1.54) is 6.42 Å². The first-order chi connectivity index (χ1) is 9.98. The summed E-state index contributed by atoms with van der Waals surface area (Å²) in [5, 5.41) is 10.1. The second-order valence-electron chi connectivity index (χ2n) is 9.13. The van der Waals surface area contributed by atoms with Crippen LogP contribution in [0, 0.1) is 28.6 Å². The van der Waals surface area contributed by atoms with Gasteiger partial charge in [0.1, 0.15) is 5.78 Å². The van der Waals surface area contributed by atoms with Crippen molar-refractivity contribution in [3.63, 3.8) is 0 Å². The van der Waals surface area contributed by atoms with E-state index in [1.807, 2.05) is 13.8 Å². The first kappa shape index (κ1) is 17.7. The normalized spacial score (nSPS) is 35.0. The molecular formula is C20H34O2. The quantitative estimate of drug-likeness (QED) is 0.760. The van der Waals surface area contributed by atoms with Crippen molar-refractivity contribution in [3.8, 4) is 0 Å². The number of rotatable bonds is 4. The van der Waals surface area contributed by atoms with Crippen LogP contribution in [0.3, 0.4) is 0 Å². The fourth-order valence-electron chi connectivity index (χ4n) is 4.90. The molecule has 2 saturated carbocycles. The van der Waals surface area contributed by atoms with Crippen LogP contribution in [0.1, 0.15) is 73.6 Å². The van der Waals surface area contributed by atoms with Crippen LogP contribution < -0.4 is 0 Å². The molecule has 2 aliphatic rings. The van der Waals surface area contributed by atoms with Gasteiger partial charge >= 0.3 is 0 Å². The summed E-state index contributed by atoms with van der Waals surface area (Å²) >= 11 is 0. The summed E-state index contributed by atoms with van der Waals surface area (Å²) in [6, 6.07) is 0. The van der Waals surface area contributed by atoms with Gasteiger partial charge < -0.3 is 5.11 Å². The van der Waals surface area contributed by atoms with Crippen LogP contribution in [0.5, 0.6) is 0 Å². The van der Waals surface area contributed by atoms with Crippen LogP contribution in [-0.2, 0) is 4.79 Å². The second-order valence-corrected chi connectivity index (χ2v) is 9.13. The van der Waals surface area contributed by atoms with Crippen molar-refractivity contribution in [2.75, 3.05) is 0 Å². The van der Waals surface area contributed by atoms with Gasteiger partial charge in [-0.15, -0.1) is 0 Å². The van der Waals surface area contributed by atoms with Crippen molar-refractivity contribution in [3.05, 3.63) is 12.2 Å². The number of hydrogen-bond donors (Lipinski definition) is 1. The Balaban J connectivity index is 2.19. The minimum Gasteiger partial charge on any atom is -0.390 e. The molecule has 0 aromatic rings. The molecule has 126 valence electrons. The Morgan fingerprint density at radius 1 is 1.27 bits per heavy atom. The molecule has 0 amide bonds. The molecular weight excluding hydrogens is 272 g/mol. The molecule has 0 bridgehead atoms. The first-order valence-electron chi connectivity index (χ1n) is 8.93. The Hall–Kier alpha value is -0.630. The largest absolute Gasteiger partial charge is 0.390 e. The summed E-state index contributed by atoms with van der Waals surface area (Å²) in [5.74, 6) is 1.47. The van der Waals surface area contributed by atoms with Gasteiger partial charge in [-0.2, -0.15) is 0 Å². The summed E-state index contributed by atoms with van der Waals surface area (Å²) in [4.78, 5) is 12.3. The monoisotopic (exact) mass is 306 g/mol. The van der Waals surface area contributed by atoms with Crippen molar-refractivity contribution in [1.82, 2.24) is 0 Å². The van der Waals surface area contributed by atoms with E-state index in [2.05, 4.69) is 39.8 Å². The third-order valence-corrected chi connectivity index (χ3v) is 6.69. The van der Waals surface area contributed by atoms with Gasteiger partial charge in [-0.25, -0.2) is 0 Å². The lowest BCUT2D eigenvalue weighted by atomic mass is 9.58. The summed E-state index contributed by atoms with van der Waals surface area (Å²) in [5.41, 5.74) is -0.447. The summed E-state index contributed by atoms with van der Waals surface area (Å²) in [7, 11) is 0. The van der Waals surface area contributed by atoms with E-state index in [-0.39, 0.29) is 22.7 Å². The van der Waals surface area contributed by atoms with Crippen molar-refractivity contribution in [1.29, 1.82) is 0 Å². The van der Waals surface area contributed by atoms with Crippen molar-refractivity contribution in [2.45, 2.75) is 79.2 Å². The third-order valence-electron chi connectivity index (χ3n) is 6.69. The van der Waals surface area contributed by atoms with Crippen molar-refractivity contribution < 1.29 is 9.90 Å². The topological polar surface area (TPSA) is 37.3 Å². The Labute approximate surface area is 136 Å². The highest BCUT2D eigenvalue weighted by atomic mass is 16.3. The lowest BCUT2D eigenvalue weighted by molar-refractivity contribution is -0.130. The number of carbonyl (C=O) groups is 1. The zero-order chi connectivity index (χ0) is 16.8. The molecule has 2 fully saturated rings. The van der Waals surface area contributed by atoms with Gasteiger partial charge in [0.25, 0.3) is 0 Å². The lowest BCUT2D eigenvalue weighted by Crippen LogP contribution is -2.42. The van der Waals surface area contributed by atoms with Gasteiger partial charge in [-0.3, -0.25) is 4.79 Å². The molecule has 0 aliphatic heterocycles. The smallest absolute Gasteiger partial charge is 0.136 e. The van der Waals surface area contributed by atoms with E-state index in [1.54, 1.807) is 0 Å². The highest BCUT2D eigenvalue weighted by Gasteiger charge is 2.54. The van der Waals surface area contributed by atoms with Gasteiger partial charge in [0.05, 0.1) is 5.60 Å². The fourth-order valence-corrected chi connectivity index (χ4v) is 4.90. The molecule has 0 aromatic carbocycles. The first-order valence-corrected chi connectivity index (χ1v) is 8.93. The predicted molar refractivity (Wildman–Crippen MR) is 91.6 cm³/mol. The molecule has 0 radical (unpaired) electrons. The molecule has 2 nitrogen and oxygen atoms in total. The van der Waals surface area contributed by atoms with Crippen LogP contribution in [0.25, 0.3) is 0 Å². The Bertz CT molecular complexity index is 455. The Morgan fingerprint density at radius 2 is 1.91 bits per heavy atom. The molecule has 0 saturated heterocycles. The summed E-state index contributed by atoms with van der Waals surface area (Å²) in [6.45, 7) is 12.7. The van der Waals surface area contributed by atoms with Gasteiger partial charge in [0.2, 0.25) is 0 Å². The van der Waals surface area contributed by atoms with Gasteiger partial charge in [0, 0.05) is 18.3 Å².